The Morgan fingerprint density at radius 2 is 1.33 bits per heavy atom. The van der Waals surface area contributed by atoms with Gasteiger partial charge in [-0.25, -0.2) is 4.79 Å². The number of hydrogen-bond donors (Lipinski definition) is 9. The van der Waals surface area contributed by atoms with Crippen LogP contribution in [0.5, 0.6) is 0 Å². The highest BCUT2D eigenvalue weighted by Gasteiger charge is 2.75. The van der Waals surface area contributed by atoms with Crippen molar-refractivity contribution in [3.8, 4) is 0 Å². The van der Waals surface area contributed by atoms with E-state index in [-0.39, 0.29) is 62.6 Å². The number of fused-ring (bicyclic) bond motifs is 1. The summed E-state index contributed by atoms with van der Waals surface area (Å²) in [6.07, 6.45) is 2.25. The van der Waals surface area contributed by atoms with Gasteiger partial charge < -0.3 is 75.0 Å². The van der Waals surface area contributed by atoms with Crippen molar-refractivity contribution in [2.75, 3.05) is 45.4 Å². The second kappa shape index (κ2) is 18.7. The summed E-state index contributed by atoms with van der Waals surface area (Å²) in [5, 5.41) is 79.3. The van der Waals surface area contributed by atoms with E-state index in [0.29, 0.717) is 6.42 Å². The van der Waals surface area contributed by atoms with E-state index in [2.05, 4.69) is 16.0 Å². The van der Waals surface area contributed by atoms with Crippen LogP contribution >= 0.6 is 11.8 Å². The average molecular weight is 1020 g/mol. The monoisotopic (exact) mass is 1020 g/mol. The van der Waals surface area contributed by atoms with Crippen molar-refractivity contribution in [1.29, 1.82) is 0 Å². The number of nitrogens with one attached hydrogen (secondary N) is 3. The maximum atomic E-state index is 13.8. The van der Waals surface area contributed by atoms with Crippen molar-refractivity contribution < 1.29 is 73.4 Å². The Bertz CT molecular complexity index is 1970. The molecule has 0 saturated carbocycles. The van der Waals surface area contributed by atoms with Crippen molar-refractivity contribution in [2.24, 2.45) is 22.2 Å². The van der Waals surface area contributed by atoms with Crippen molar-refractivity contribution in [2.45, 2.75) is 236 Å². The lowest BCUT2D eigenvalue weighted by atomic mass is 9.52. The number of carbonyl (C=O) groups is 3. The molecule has 0 aromatic carbocycles. The van der Waals surface area contributed by atoms with Crippen molar-refractivity contribution in [3.63, 3.8) is 0 Å². The molecule has 18 nitrogen and oxygen atoms in total. The molecule has 5 aliphatic heterocycles. The predicted octanol–water partition coefficient (Wildman–Crippen LogP) is 3.86. The van der Waals surface area contributed by atoms with Gasteiger partial charge in [-0.15, -0.1) is 0 Å². The van der Waals surface area contributed by atoms with Crippen LogP contribution in [0.1, 0.15) is 157 Å². The smallest absolute Gasteiger partial charge is 0.315 e. The Hall–Kier alpha value is -1.88. The number of amides is 3. The highest BCUT2D eigenvalue weighted by molar-refractivity contribution is 8.00. The topological polar surface area (TPSA) is 264 Å². The number of rotatable bonds is 18. The number of unbranched alkanes of at least 4 members (excludes halogenated alkanes) is 1. The van der Waals surface area contributed by atoms with E-state index >= 15 is 0 Å². The van der Waals surface area contributed by atoms with Gasteiger partial charge in [-0.1, -0.05) is 41.0 Å². The third-order valence-electron chi connectivity index (χ3n) is 20.5. The summed E-state index contributed by atoms with van der Waals surface area (Å²) in [6.45, 7) is 29.0. The summed E-state index contributed by atoms with van der Waals surface area (Å²) in [6, 6.07) is 0.0180. The van der Waals surface area contributed by atoms with E-state index in [0.717, 1.165) is 18.6 Å². The van der Waals surface area contributed by atoms with Crippen LogP contribution in [0.4, 0.5) is 4.79 Å². The summed E-state index contributed by atoms with van der Waals surface area (Å²) >= 11 is 1.81. The quantitative estimate of drug-likeness (QED) is 0.0536. The third-order valence-corrected chi connectivity index (χ3v) is 22.0. The minimum Gasteiger partial charge on any atom is -0.431 e. The Labute approximate surface area is 421 Å². The minimum absolute atomic E-state index is 0.0103. The second-order valence-corrected chi connectivity index (χ2v) is 26.2. The van der Waals surface area contributed by atoms with Gasteiger partial charge in [0.1, 0.15) is 33.5 Å². The summed E-state index contributed by atoms with van der Waals surface area (Å²) in [5.41, 5.74) is -19.0. The van der Waals surface area contributed by atoms with Crippen LogP contribution in [0.3, 0.4) is 0 Å². The first-order valence-electron chi connectivity index (χ1n) is 25.1. The number of thioether (sulfide) groups is 1. The van der Waals surface area contributed by atoms with Crippen LogP contribution in [0.2, 0.25) is 0 Å². The molecule has 5 rings (SSSR count). The molecule has 406 valence electrons. The van der Waals surface area contributed by atoms with Crippen LogP contribution in [-0.4, -0.2) is 173 Å². The molecule has 0 aromatic rings. The average Bonchev–Trinajstić information content (AvgIpc) is 3.79. The molecule has 70 heavy (non-hydrogen) atoms. The van der Waals surface area contributed by atoms with Crippen LogP contribution in [-0.2, 0) is 38.0 Å². The molecule has 19 heteroatoms. The minimum atomic E-state index is -1.93. The normalized spacial score (nSPS) is 48.6. The molecule has 0 radical (unpaired) electrons. The Balaban J connectivity index is 1.31. The Kier molecular flexibility index (Phi) is 15.8. The molecule has 5 fully saturated rings. The van der Waals surface area contributed by atoms with Crippen LogP contribution < -0.4 is 16.0 Å². The molecular formula is C51H91N3O15S. The fourth-order valence-electron chi connectivity index (χ4n) is 12.7. The first-order valence-corrected chi connectivity index (χ1v) is 26.2. The zero-order valence-electron chi connectivity index (χ0n) is 45.6. The largest absolute Gasteiger partial charge is 0.431 e. The van der Waals surface area contributed by atoms with Gasteiger partial charge >= 0.3 is 12.0 Å². The summed E-state index contributed by atoms with van der Waals surface area (Å²) < 4.78 is 39.3. The maximum Gasteiger partial charge on any atom is 0.315 e. The first-order chi connectivity index (χ1) is 31.6. The Morgan fingerprint density at radius 1 is 0.729 bits per heavy atom. The molecule has 0 aliphatic carbocycles. The van der Waals surface area contributed by atoms with Gasteiger partial charge in [0.15, 0.2) is 0 Å². The molecular weight excluding hydrogens is 927 g/mol. The standard InChI is InChI=1S/C51H91N3O15S/c1-31-40(7,46(13,54-32(2)57)51(18,68-41(31,8)26-55)66-35(58)22-20-19-21-34-36-33(25-70-34)52-37(59)53-36)28-64-24-23-43(10)49(16,62)48(15,61)42(9,39(5,6)67-43)29-65-30-45(12)38(3,4)47(14,60)50(17,63)44(11,27-56)69-45/h31,33-34,36,55-56,60-63H,19-30H2,1-18H3,(H,54,57)(H2,52,53,59)/t31-,33+,34?,36+,40-,41?,42-,43-,44?,45+,46?,47+,48+,49?,50-,51-/m1/s1. The molecule has 9 N–H and O–H groups in total. The van der Waals surface area contributed by atoms with Gasteiger partial charge in [0.05, 0.1) is 72.9 Å². The fourth-order valence-corrected chi connectivity index (χ4v) is 14.3. The van der Waals surface area contributed by atoms with E-state index in [9.17, 15) is 45.0 Å². The van der Waals surface area contributed by atoms with E-state index in [4.69, 9.17) is 28.4 Å². The van der Waals surface area contributed by atoms with Crippen molar-refractivity contribution in [1.82, 2.24) is 16.0 Å². The third kappa shape index (κ3) is 8.74. The van der Waals surface area contributed by atoms with E-state index in [1.807, 2.05) is 39.5 Å². The van der Waals surface area contributed by atoms with Crippen LogP contribution in [0, 0.1) is 22.2 Å². The maximum absolute atomic E-state index is 13.8. The molecule has 3 amide bonds. The number of hydrogen-bond acceptors (Lipinski definition) is 16. The number of aliphatic hydroxyl groups is 6. The number of ether oxygens (including phenoxy) is 6. The van der Waals surface area contributed by atoms with Crippen LogP contribution in [0.25, 0.3) is 0 Å². The number of aliphatic hydroxyl groups excluding tert-OH is 2. The molecule has 5 unspecified atom stereocenters. The highest BCUT2D eigenvalue weighted by atomic mass is 32.2. The second-order valence-electron chi connectivity index (χ2n) is 24.9. The SMILES string of the molecule is CC(=O)NC1(C)[C@](C)(OC(=O)CCCCC2SC[C@@H]3NC(=O)N[C@H]23)OC(C)(CO)[C@H](C)[C@@]1(C)COCC[C@@]1(C)OC(C)(C)[C@@](C)(COC[C@]2(C)OC(C)(CO)[C@@](C)(O)[C@@](C)(O)C2(C)C)[C@](C)(O)C1(C)O. The van der Waals surface area contributed by atoms with Gasteiger partial charge in [0.25, 0.3) is 0 Å². The zero-order chi connectivity index (χ0) is 53.6. The molecule has 16 atom stereocenters. The summed E-state index contributed by atoms with van der Waals surface area (Å²) in [4.78, 5) is 38.7. The lowest BCUT2D eigenvalue weighted by Crippen LogP contribution is -2.82. The van der Waals surface area contributed by atoms with E-state index < -0.39 is 109 Å². The molecule has 0 aromatic heterocycles. The van der Waals surface area contributed by atoms with Gasteiger partial charge in [-0.3, -0.25) is 9.59 Å². The predicted molar refractivity (Wildman–Crippen MR) is 264 cm³/mol. The zero-order valence-corrected chi connectivity index (χ0v) is 46.4. The highest BCUT2D eigenvalue weighted by Crippen LogP contribution is 2.62. The number of carbonyl (C=O) groups excluding carboxylic acids is 3. The number of urea groups is 1. The van der Waals surface area contributed by atoms with E-state index in [1.165, 1.54) is 27.7 Å². The summed E-state index contributed by atoms with van der Waals surface area (Å²) in [5.74, 6) is -2.38. The van der Waals surface area contributed by atoms with Gasteiger partial charge in [-0.2, -0.15) is 11.8 Å². The molecule has 0 spiro atoms. The van der Waals surface area contributed by atoms with E-state index in [1.54, 1.807) is 69.2 Å². The van der Waals surface area contributed by atoms with Crippen LogP contribution in [0.15, 0.2) is 0 Å². The molecule has 0 bridgehead atoms. The van der Waals surface area contributed by atoms with Crippen molar-refractivity contribution in [3.05, 3.63) is 0 Å². The molecule has 5 heterocycles. The van der Waals surface area contributed by atoms with Gasteiger partial charge in [0, 0.05) is 55.1 Å². The lowest BCUT2D eigenvalue weighted by molar-refractivity contribution is -0.401. The lowest BCUT2D eigenvalue weighted by Gasteiger charge is -2.68. The molecule has 5 saturated heterocycles. The first kappa shape index (κ1) is 59.0. The van der Waals surface area contributed by atoms with Crippen molar-refractivity contribution >= 4 is 29.7 Å². The molecule has 5 aliphatic rings. The van der Waals surface area contributed by atoms with Gasteiger partial charge in [-0.05, 0) is 94.9 Å². The fraction of sp³-hybridized carbons (Fsp3) is 0.941. The number of esters is 1. The Morgan fingerprint density at radius 3 is 1.90 bits per heavy atom. The van der Waals surface area contributed by atoms with Gasteiger partial charge in [0.2, 0.25) is 11.7 Å². The summed E-state index contributed by atoms with van der Waals surface area (Å²) in [7, 11) is 0.